The number of ether oxygens (including phenoxy) is 1. The third-order valence-electron chi connectivity index (χ3n) is 3.11. The minimum absolute atomic E-state index is 0.148. The zero-order chi connectivity index (χ0) is 16.7. The van der Waals surface area contributed by atoms with Crippen LogP contribution in [0.2, 0.25) is 0 Å². The number of carboxylic acids is 1. The third kappa shape index (κ3) is 6.26. The van der Waals surface area contributed by atoms with Gasteiger partial charge in [-0.3, -0.25) is 4.79 Å². The van der Waals surface area contributed by atoms with Crippen LogP contribution in [-0.2, 0) is 16.1 Å². The van der Waals surface area contributed by atoms with E-state index in [1.54, 1.807) is 12.1 Å². The van der Waals surface area contributed by atoms with Crippen molar-refractivity contribution in [1.29, 1.82) is 0 Å². The Balaban J connectivity index is 2.66. The molecule has 0 saturated carbocycles. The quantitative estimate of drug-likeness (QED) is 0.774. The molecule has 1 aromatic rings. The van der Waals surface area contributed by atoms with Crippen LogP contribution in [0, 0.1) is 5.92 Å². The van der Waals surface area contributed by atoms with Crippen LogP contribution in [0.25, 0.3) is 0 Å². The van der Waals surface area contributed by atoms with Gasteiger partial charge in [0.15, 0.2) is 0 Å². The fourth-order valence-electron chi connectivity index (χ4n) is 1.95. The topological polar surface area (TPSA) is 75.6 Å². The molecule has 1 atom stereocenters. The Kier molecular flexibility index (Phi) is 7.05. The first kappa shape index (κ1) is 18.2. The molecule has 0 unspecified atom stereocenters. The molecule has 5 heteroatoms. The standard InChI is InChI=1S/C17H25NO4/c1-11(2)9-15(17(20)21)18-16(19)14-7-5-13(6-8-14)10-22-12(3)4/h5-8,11-12,15H,9-10H2,1-4H3,(H,18,19)(H,20,21)/t15-/m1/s1. The van der Waals surface area contributed by atoms with E-state index in [2.05, 4.69) is 5.32 Å². The summed E-state index contributed by atoms with van der Waals surface area (Å²) in [5.41, 5.74) is 1.42. The van der Waals surface area contributed by atoms with Crippen LogP contribution in [0.15, 0.2) is 24.3 Å². The molecule has 0 bridgehead atoms. The van der Waals surface area contributed by atoms with Crippen molar-refractivity contribution in [1.82, 2.24) is 5.32 Å². The molecule has 0 radical (unpaired) electrons. The zero-order valence-corrected chi connectivity index (χ0v) is 13.6. The first-order chi connectivity index (χ1) is 10.3. The van der Waals surface area contributed by atoms with Crippen molar-refractivity contribution in [3.05, 3.63) is 35.4 Å². The molecule has 2 N–H and O–H groups in total. The van der Waals surface area contributed by atoms with Gasteiger partial charge in [0, 0.05) is 5.56 Å². The Bertz CT molecular complexity index is 494. The number of rotatable bonds is 8. The molecule has 5 nitrogen and oxygen atoms in total. The van der Waals surface area contributed by atoms with Gasteiger partial charge in [0.2, 0.25) is 0 Å². The lowest BCUT2D eigenvalue weighted by atomic mass is 10.0. The number of aliphatic carboxylic acids is 1. The zero-order valence-electron chi connectivity index (χ0n) is 13.6. The first-order valence-corrected chi connectivity index (χ1v) is 7.53. The second kappa shape index (κ2) is 8.54. The Morgan fingerprint density at radius 2 is 1.73 bits per heavy atom. The van der Waals surface area contributed by atoms with E-state index in [1.165, 1.54) is 0 Å². The van der Waals surface area contributed by atoms with Crippen molar-refractivity contribution >= 4 is 11.9 Å². The summed E-state index contributed by atoms with van der Waals surface area (Å²) >= 11 is 0. The molecule has 1 amide bonds. The van der Waals surface area contributed by atoms with Crippen molar-refractivity contribution in [3.8, 4) is 0 Å². The Hall–Kier alpha value is -1.88. The van der Waals surface area contributed by atoms with Crippen LogP contribution in [-0.4, -0.2) is 29.1 Å². The number of benzene rings is 1. The molecule has 0 saturated heterocycles. The van der Waals surface area contributed by atoms with Gasteiger partial charge in [-0.2, -0.15) is 0 Å². The van der Waals surface area contributed by atoms with E-state index in [0.29, 0.717) is 18.6 Å². The maximum absolute atomic E-state index is 12.1. The lowest BCUT2D eigenvalue weighted by molar-refractivity contribution is -0.139. The number of carboxylic acid groups (broad SMARTS) is 1. The number of carbonyl (C=O) groups is 2. The maximum Gasteiger partial charge on any atom is 0.326 e. The summed E-state index contributed by atoms with van der Waals surface area (Å²) in [5, 5.41) is 11.7. The maximum atomic E-state index is 12.1. The van der Waals surface area contributed by atoms with E-state index in [1.807, 2.05) is 39.8 Å². The molecule has 0 aliphatic carbocycles. The Labute approximate surface area is 131 Å². The molecule has 0 spiro atoms. The van der Waals surface area contributed by atoms with Gasteiger partial charge < -0.3 is 15.2 Å². The summed E-state index contributed by atoms with van der Waals surface area (Å²) in [6.07, 6.45) is 0.553. The second-order valence-corrected chi connectivity index (χ2v) is 6.05. The molecule has 0 aliphatic heterocycles. The second-order valence-electron chi connectivity index (χ2n) is 6.05. The van der Waals surface area contributed by atoms with Crippen LogP contribution in [0.5, 0.6) is 0 Å². The number of carbonyl (C=O) groups excluding carboxylic acids is 1. The van der Waals surface area contributed by atoms with E-state index >= 15 is 0 Å². The fraction of sp³-hybridized carbons (Fsp3) is 0.529. The van der Waals surface area contributed by atoms with Crippen LogP contribution in [0.1, 0.15) is 50.0 Å². The van der Waals surface area contributed by atoms with Crippen molar-refractivity contribution in [2.75, 3.05) is 0 Å². The molecule has 0 heterocycles. The molecule has 0 fully saturated rings. The molecule has 1 rings (SSSR count). The first-order valence-electron chi connectivity index (χ1n) is 7.53. The number of hydrogen-bond acceptors (Lipinski definition) is 3. The highest BCUT2D eigenvalue weighted by molar-refractivity contribution is 5.96. The highest BCUT2D eigenvalue weighted by Gasteiger charge is 2.21. The summed E-state index contributed by atoms with van der Waals surface area (Å²) in [5.74, 6) is -1.19. The molecule has 0 aliphatic rings. The normalized spacial score (nSPS) is 12.5. The molecular formula is C17H25NO4. The number of hydrogen-bond donors (Lipinski definition) is 2. The smallest absolute Gasteiger partial charge is 0.326 e. The van der Waals surface area contributed by atoms with Gasteiger partial charge in [-0.25, -0.2) is 4.79 Å². The fourth-order valence-corrected chi connectivity index (χ4v) is 1.95. The Morgan fingerprint density at radius 1 is 1.14 bits per heavy atom. The van der Waals surface area contributed by atoms with Crippen molar-refractivity contribution in [2.24, 2.45) is 5.92 Å². The molecule has 1 aromatic carbocycles. The van der Waals surface area contributed by atoms with E-state index in [-0.39, 0.29) is 17.9 Å². The van der Waals surface area contributed by atoms with E-state index in [9.17, 15) is 9.59 Å². The van der Waals surface area contributed by atoms with E-state index < -0.39 is 12.0 Å². The lowest BCUT2D eigenvalue weighted by Gasteiger charge is -2.16. The van der Waals surface area contributed by atoms with Crippen molar-refractivity contribution in [2.45, 2.75) is 52.9 Å². The van der Waals surface area contributed by atoms with Gasteiger partial charge in [0.25, 0.3) is 5.91 Å². The van der Waals surface area contributed by atoms with Gasteiger partial charge in [-0.15, -0.1) is 0 Å². The van der Waals surface area contributed by atoms with Gasteiger partial charge in [-0.05, 0) is 43.9 Å². The van der Waals surface area contributed by atoms with Gasteiger partial charge in [-0.1, -0.05) is 26.0 Å². The number of nitrogens with one attached hydrogen (secondary N) is 1. The summed E-state index contributed by atoms with van der Waals surface area (Å²) in [6.45, 7) is 8.26. The van der Waals surface area contributed by atoms with Crippen molar-refractivity contribution < 1.29 is 19.4 Å². The summed E-state index contributed by atoms with van der Waals surface area (Å²) in [7, 11) is 0. The summed E-state index contributed by atoms with van der Waals surface area (Å²) < 4.78 is 5.49. The monoisotopic (exact) mass is 307 g/mol. The van der Waals surface area contributed by atoms with E-state index in [4.69, 9.17) is 9.84 Å². The predicted molar refractivity (Wildman–Crippen MR) is 84.7 cm³/mol. The average Bonchev–Trinajstić information content (AvgIpc) is 2.44. The summed E-state index contributed by atoms with van der Waals surface area (Å²) in [6, 6.07) is 6.13. The minimum Gasteiger partial charge on any atom is -0.480 e. The van der Waals surface area contributed by atoms with Gasteiger partial charge in [0.1, 0.15) is 6.04 Å². The van der Waals surface area contributed by atoms with E-state index in [0.717, 1.165) is 5.56 Å². The third-order valence-corrected chi connectivity index (χ3v) is 3.11. The SMILES string of the molecule is CC(C)C[C@@H](NC(=O)c1ccc(COC(C)C)cc1)C(=O)O. The van der Waals surface area contributed by atoms with Crippen LogP contribution in [0.3, 0.4) is 0 Å². The Morgan fingerprint density at radius 3 is 2.18 bits per heavy atom. The molecule has 0 aromatic heterocycles. The van der Waals surface area contributed by atoms with Gasteiger partial charge in [0.05, 0.1) is 12.7 Å². The minimum atomic E-state index is -1.01. The lowest BCUT2D eigenvalue weighted by Crippen LogP contribution is -2.41. The predicted octanol–water partition coefficient (Wildman–Crippen LogP) is 2.84. The summed E-state index contributed by atoms with van der Waals surface area (Å²) in [4.78, 5) is 23.3. The average molecular weight is 307 g/mol. The van der Waals surface area contributed by atoms with Crippen LogP contribution in [0.4, 0.5) is 0 Å². The highest BCUT2D eigenvalue weighted by atomic mass is 16.5. The van der Waals surface area contributed by atoms with Crippen LogP contribution < -0.4 is 5.32 Å². The molecule has 22 heavy (non-hydrogen) atoms. The van der Waals surface area contributed by atoms with Crippen LogP contribution >= 0.6 is 0 Å². The number of amides is 1. The molecule has 122 valence electrons. The van der Waals surface area contributed by atoms with Gasteiger partial charge >= 0.3 is 5.97 Å². The highest BCUT2D eigenvalue weighted by Crippen LogP contribution is 2.09. The van der Waals surface area contributed by atoms with Crippen molar-refractivity contribution in [3.63, 3.8) is 0 Å². The molecular weight excluding hydrogens is 282 g/mol. The largest absolute Gasteiger partial charge is 0.480 e.